The second-order valence-corrected chi connectivity index (χ2v) is 5.85. The van der Waals surface area contributed by atoms with Gasteiger partial charge in [0.05, 0.1) is 7.11 Å². The fraction of sp³-hybridized carbons (Fsp3) is 0.500. The predicted molar refractivity (Wildman–Crippen MR) is 88.9 cm³/mol. The molecule has 1 aliphatic rings. The van der Waals surface area contributed by atoms with E-state index in [9.17, 15) is 9.59 Å². The lowest BCUT2D eigenvalue weighted by atomic mass is 10.1. The lowest BCUT2D eigenvalue weighted by molar-refractivity contribution is -0.122. The van der Waals surface area contributed by atoms with Gasteiger partial charge in [0.25, 0.3) is 0 Å². The molecule has 2 rings (SSSR count). The number of methoxy groups -OCH3 is 1. The van der Waals surface area contributed by atoms with Gasteiger partial charge in [0.1, 0.15) is 11.8 Å². The molecule has 0 bridgehead atoms. The van der Waals surface area contributed by atoms with E-state index in [2.05, 4.69) is 16.0 Å². The third-order valence-corrected chi connectivity index (χ3v) is 4.13. The molecule has 0 aliphatic carbocycles. The van der Waals surface area contributed by atoms with E-state index in [1.807, 2.05) is 12.1 Å². The molecule has 1 aromatic rings. The highest BCUT2D eigenvalue weighted by Gasteiger charge is 2.21. The summed E-state index contributed by atoms with van der Waals surface area (Å²) in [6.45, 7) is 1.11. The summed E-state index contributed by atoms with van der Waals surface area (Å²) >= 11 is 6.16. The van der Waals surface area contributed by atoms with Gasteiger partial charge in [0.15, 0.2) is 0 Å². The van der Waals surface area contributed by atoms with Gasteiger partial charge in [-0.15, -0.1) is 0 Å². The number of ether oxygens (including phenoxy) is 1. The summed E-state index contributed by atoms with van der Waals surface area (Å²) in [5, 5.41) is 8.86. The Hall–Kier alpha value is -1.95. The lowest BCUT2D eigenvalue weighted by Gasteiger charge is -2.16. The molecule has 1 aliphatic heterocycles. The first-order valence-electron chi connectivity index (χ1n) is 7.74. The zero-order valence-corrected chi connectivity index (χ0v) is 13.9. The second-order valence-electron chi connectivity index (χ2n) is 5.45. The molecular formula is C16H22ClN3O3. The smallest absolute Gasteiger partial charge is 0.315 e. The minimum atomic E-state index is -0.456. The van der Waals surface area contributed by atoms with Crippen molar-refractivity contribution in [2.45, 2.75) is 31.7 Å². The monoisotopic (exact) mass is 339 g/mol. The summed E-state index contributed by atoms with van der Waals surface area (Å²) in [6.07, 6.45) is 3.14. The maximum absolute atomic E-state index is 11.9. The summed E-state index contributed by atoms with van der Waals surface area (Å²) in [4.78, 5) is 23.7. The third-order valence-electron chi connectivity index (χ3n) is 3.78. The first-order valence-corrected chi connectivity index (χ1v) is 8.12. The Labute approximate surface area is 140 Å². The zero-order valence-electron chi connectivity index (χ0n) is 13.2. The fourth-order valence-electron chi connectivity index (χ4n) is 2.45. The van der Waals surface area contributed by atoms with Crippen LogP contribution in [-0.2, 0) is 11.2 Å². The molecule has 1 heterocycles. The topological polar surface area (TPSA) is 79.5 Å². The number of rotatable bonds is 5. The SMILES string of the molecule is COc1ccc(CCNC(=O)NC2CCCCNC2=O)c(Cl)c1. The van der Waals surface area contributed by atoms with E-state index in [0.29, 0.717) is 36.7 Å². The van der Waals surface area contributed by atoms with Gasteiger partial charge in [-0.05, 0) is 43.4 Å². The molecule has 23 heavy (non-hydrogen) atoms. The molecule has 7 heteroatoms. The van der Waals surface area contributed by atoms with Crippen LogP contribution in [0.4, 0.5) is 4.79 Å². The van der Waals surface area contributed by atoms with Crippen molar-refractivity contribution >= 4 is 23.5 Å². The van der Waals surface area contributed by atoms with Gasteiger partial charge < -0.3 is 20.7 Å². The Morgan fingerprint density at radius 3 is 3.00 bits per heavy atom. The number of hydrogen-bond donors (Lipinski definition) is 3. The molecular weight excluding hydrogens is 318 g/mol. The molecule has 0 spiro atoms. The van der Waals surface area contributed by atoms with Crippen molar-refractivity contribution in [3.63, 3.8) is 0 Å². The minimum absolute atomic E-state index is 0.115. The average Bonchev–Trinajstić information content (AvgIpc) is 2.74. The van der Waals surface area contributed by atoms with Crippen LogP contribution >= 0.6 is 11.6 Å². The van der Waals surface area contributed by atoms with Gasteiger partial charge >= 0.3 is 6.03 Å². The highest BCUT2D eigenvalue weighted by molar-refractivity contribution is 6.31. The van der Waals surface area contributed by atoms with Crippen LogP contribution in [0.5, 0.6) is 5.75 Å². The zero-order chi connectivity index (χ0) is 16.7. The molecule has 0 radical (unpaired) electrons. The quantitative estimate of drug-likeness (QED) is 0.766. The number of benzene rings is 1. The van der Waals surface area contributed by atoms with Crippen molar-refractivity contribution < 1.29 is 14.3 Å². The lowest BCUT2D eigenvalue weighted by Crippen LogP contribution is -2.49. The van der Waals surface area contributed by atoms with Gasteiger partial charge in [-0.1, -0.05) is 17.7 Å². The molecule has 0 aromatic heterocycles. The molecule has 1 fully saturated rings. The number of nitrogens with one attached hydrogen (secondary N) is 3. The summed E-state index contributed by atoms with van der Waals surface area (Å²) in [7, 11) is 1.58. The van der Waals surface area contributed by atoms with E-state index in [0.717, 1.165) is 18.4 Å². The Bertz CT molecular complexity index is 566. The van der Waals surface area contributed by atoms with E-state index < -0.39 is 6.04 Å². The normalized spacial score (nSPS) is 17.8. The van der Waals surface area contributed by atoms with E-state index in [1.54, 1.807) is 13.2 Å². The van der Waals surface area contributed by atoms with Crippen LogP contribution in [0.1, 0.15) is 24.8 Å². The van der Waals surface area contributed by atoms with Gasteiger partial charge in [-0.3, -0.25) is 4.79 Å². The fourth-order valence-corrected chi connectivity index (χ4v) is 2.72. The van der Waals surface area contributed by atoms with Gasteiger partial charge in [-0.25, -0.2) is 4.79 Å². The highest BCUT2D eigenvalue weighted by atomic mass is 35.5. The van der Waals surface area contributed by atoms with Crippen LogP contribution in [0.2, 0.25) is 5.02 Å². The molecule has 3 N–H and O–H groups in total. The number of hydrogen-bond acceptors (Lipinski definition) is 3. The molecule has 0 saturated carbocycles. The van der Waals surface area contributed by atoms with Crippen molar-refractivity contribution in [3.8, 4) is 5.75 Å². The van der Waals surface area contributed by atoms with Crippen LogP contribution < -0.4 is 20.7 Å². The van der Waals surface area contributed by atoms with E-state index in [-0.39, 0.29) is 11.9 Å². The largest absolute Gasteiger partial charge is 0.497 e. The van der Waals surface area contributed by atoms with E-state index in [1.165, 1.54) is 0 Å². The highest BCUT2D eigenvalue weighted by Crippen LogP contribution is 2.22. The van der Waals surface area contributed by atoms with Crippen molar-refractivity contribution in [1.82, 2.24) is 16.0 Å². The van der Waals surface area contributed by atoms with Crippen LogP contribution in [0.3, 0.4) is 0 Å². The number of halogens is 1. The maximum atomic E-state index is 11.9. The second kappa shape index (κ2) is 8.62. The van der Waals surface area contributed by atoms with Gasteiger partial charge in [-0.2, -0.15) is 0 Å². The summed E-state index contributed by atoms with van der Waals surface area (Å²) < 4.78 is 5.10. The Balaban J connectivity index is 1.77. The minimum Gasteiger partial charge on any atom is -0.497 e. The number of carbonyl (C=O) groups excluding carboxylic acids is 2. The maximum Gasteiger partial charge on any atom is 0.315 e. The standard InChI is InChI=1S/C16H22ClN3O3/c1-23-12-6-5-11(13(17)10-12)7-9-19-16(22)20-14-4-2-3-8-18-15(14)21/h5-6,10,14H,2-4,7-9H2,1H3,(H,18,21)(H2,19,20,22). The summed E-state index contributed by atoms with van der Waals surface area (Å²) in [6, 6.07) is 4.66. The Morgan fingerprint density at radius 2 is 2.26 bits per heavy atom. The molecule has 6 nitrogen and oxygen atoms in total. The Morgan fingerprint density at radius 1 is 1.43 bits per heavy atom. The van der Waals surface area contributed by atoms with Crippen LogP contribution in [0, 0.1) is 0 Å². The molecule has 3 amide bonds. The Kier molecular flexibility index (Phi) is 6.52. The molecule has 126 valence electrons. The first-order chi connectivity index (χ1) is 11.1. The summed E-state index contributed by atoms with van der Waals surface area (Å²) in [5.74, 6) is 0.583. The van der Waals surface area contributed by atoms with Crippen molar-refractivity contribution in [2.24, 2.45) is 0 Å². The number of carbonyl (C=O) groups is 2. The average molecular weight is 340 g/mol. The molecule has 1 aromatic carbocycles. The molecule has 1 atom stereocenters. The number of urea groups is 1. The van der Waals surface area contributed by atoms with Crippen molar-refractivity contribution in [3.05, 3.63) is 28.8 Å². The number of amides is 3. The van der Waals surface area contributed by atoms with Crippen LogP contribution in [-0.4, -0.2) is 38.2 Å². The third kappa shape index (κ3) is 5.32. The first kappa shape index (κ1) is 17.4. The summed E-state index contributed by atoms with van der Waals surface area (Å²) in [5.41, 5.74) is 0.931. The molecule has 1 unspecified atom stereocenters. The van der Waals surface area contributed by atoms with Gasteiger partial charge in [0, 0.05) is 18.1 Å². The van der Waals surface area contributed by atoms with Crippen molar-refractivity contribution in [2.75, 3.05) is 20.2 Å². The van der Waals surface area contributed by atoms with E-state index >= 15 is 0 Å². The predicted octanol–water partition coefficient (Wildman–Crippen LogP) is 1.86. The molecule has 1 saturated heterocycles. The van der Waals surface area contributed by atoms with Crippen LogP contribution in [0.15, 0.2) is 18.2 Å². The van der Waals surface area contributed by atoms with Gasteiger partial charge in [0.2, 0.25) is 5.91 Å². The van der Waals surface area contributed by atoms with E-state index in [4.69, 9.17) is 16.3 Å². The van der Waals surface area contributed by atoms with Crippen LogP contribution in [0.25, 0.3) is 0 Å². The van der Waals surface area contributed by atoms with Crippen molar-refractivity contribution in [1.29, 1.82) is 0 Å².